The first-order chi connectivity index (χ1) is 17.0. The zero-order chi connectivity index (χ0) is 25.8. The predicted molar refractivity (Wildman–Crippen MR) is 140 cm³/mol. The number of pyridine rings is 2. The molecular formula is C30H31FN2O3. The first-order valence-corrected chi connectivity index (χ1v) is 12.4. The zero-order valence-corrected chi connectivity index (χ0v) is 21.6. The maximum Gasteiger partial charge on any atom is 0.163 e. The van der Waals surface area contributed by atoms with Gasteiger partial charge in [0.05, 0.1) is 28.9 Å². The molecule has 1 aliphatic heterocycles. The van der Waals surface area contributed by atoms with E-state index in [0.29, 0.717) is 17.8 Å². The van der Waals surface area contributed by atoms with Crippen molar-refractivity contribution in [1.29, 1.82) is 0 Å². The van der Waals surface area contributed by atoms with Gasteiger partial charge in [-0.2, -0.15) is 0 Å². The van der Waals surface area contributed by atoms with Gasteiger partial charge >= 0.3 is 0 Å². The Bertz CT molecular complexity index is 1490. The van der Waals surface area contributed by atoms with Crippen LogP contribution in [0.1, 0.15) is 69.3 Å². The van der Waals surface area contributed by atoms with Gasteiger partial charge in [-0.25, -0.2) is 9.37 Å². The minimum absolute atomic E-state index is 0.0883. The molecule has 2 aromatic carbocycles. The van der Waals surface area contributed by atoms with Crippen LogP contribution in [0.25, 0.3) is 32.9 Å². The van der Waals surface area contributed by atoms with E-state index >= 15 is 0 Å². The van der Waals surface area contributed by atoms with Gasteiger partial charge < -0.3 is 9.47 Å². The van der Waals surface area contributed by atoms with Crippen LogP contribution in [-0.2, 0) is 16.0 Å². The fourth-order valence-corrected chi connectivity index (χ4v) is 5.09. The smallest absolute Gasteiger partial charge is 0.163 e. The summed E-state index contributed by atoms with van der Waals surface area (Å²) in [4.78, 5) is 22.5. The summed E-state index contributed by atoms with van der Waals surface area (Å²) in [7, 11) is 0. The summed E-state index contributed by atoms with van der Waals surface area (Å²) in [6, 6.07) is 11.5. The molecule has 0 saturated carbocycles. The minimum Gasteiger partial charge on any atom is -0.493 e. The third-order valence-electron chi connectivity index (χ3n) is 6.61. The van der Waals surface area contributed by atoms with Crippen molar-refractivity contribution in [2.45, 2.75) is 65.8 Å². The Balaban J connectivity index is 1.91. The molecule has 2 aromatic heterocycles. The molecule has 0 bridgehead atoms. The van der Waals surface area contributed by atoms with Crippen LogP contribution in [0, 0.1) is 6.92 Å². The number of carbonyl (C=O) groups is 1. The molecule has 3 heterocycles. The molecule has 2 atom stereocenters. The molecular weight excluding hydrogens is 455 g/mol. The lowest BCUT2D eigenvalue weighted by atomic mass is 9.85. The van der Waals surface area contributed by atoms with E-state index in [1.54, 1.807) is 13.0 Å². The van der Waals surface area contributed by atoms with Crippen molar-refractivity contribution in [3.05, 3.63) is 65.0 Å². The van der Waals surface area contributed by atoms with Crippen molar-refractivity contribution < 1.29 is 18.7 Å². The minimum atomic E-state index is -1.19. The normalized spacial score (nSPS) is 15.1. The largest absolute Gasteiger partial charge is 0.493 e. The summed E-state index contributed by atoms with van der Waals surface area (Å²) < 4.78 is 26.5. The predicted octanol–water partition coefficient (Wildman–Crippen LogP) is 7.17. The molecule has 1 aliphatic rings. The molecule has 5 nitrogen and oxygen atoms in total. The molecule has 0 saturated heterocycles. The topological polar surface area (TPSA) is 61.3 Å². The highest BCUT2D eigenvalue weighted by Gasteiger charge is 2.31. The van der Waals surface area contributed by atoms with Crippen molar-refractivity contribution in [2.24, 2.45) is 0 Å². The van der Waals surface area contributed by atoms with E-state index in [9.17, 15) is 9.18 Å². The van der Waals surface area contributed by atoms with Gasteiger partial charge in [-0.05, 0) is 94.1 Å². The summed E-state index contributed by atoms with van der Waals surface area (Å²) in [5, 5.41) is 1.81. The van der Waals surface area contributed by atoms with Gasteiger partial charge in [-0.15, -0.1) is 0 Å². The van der Waals surface area contributed by atoms with E-state index < -0.39 is 17.9 Å². The summed E-state index contributed by atoms with van der Waals surface area (Å²) >= 11 is 0. The van der Waals surface area contributed by atoms with Crippen molar-refractivity contribution in [2.75, 3.05) is 6.61 Å². The molecule has 0 radical (unpaired) electrons. The van der Waals surface area contributed by atoms with Crippen molar-refractivity contribution in [3.8, 4) is 16.9 Å². The maximum absolute atomic E-state index is 14.2. The third kappa shape index (κ3) is 4.24. The van der Waals surface area contributed by atoms with Gasteiger partial charge in [0.25, 0.3) is 0 Å². The van der Waals surface area contributed by atoms with Crippen LogP contribution >= 0.6 is 0 Å². The summed E-state index contributed by atoms with van der Waals surface area (Å²) in [5.74, 6) is 0.719. The second-order valence-corrected chi connectivity index (χ2v) is 10.5. The summed E-state index contributed by atoms with van der Waals surface area (Å²) in [6.45, 7) is 11.4. The van der Waals surface area contributed by atoms with Crippen LogP contribution in [0.4, 0.5) is 4.39 Å². The van der Waals surface area contributed by atoms with Crippen LogP contribution in [0.2, 0.25) is 0 Å². The lowest BCUT2D eigenvalue weighted by molar-refractivity contribution is -0.138. The first-order valence-electron chi connectivity index (χ1n) is 12.4. The molecule has 0 N–H and O–H groups in total. The van der Waals surface area contributed by atoms with Crippen LogP contribution in [0.3, 0.4) is 0 Å². The number of benzene rings is 2. The molecule has 0 amide bonds. The maximum atomic E-state index is 14.2. The second-order valence-electron chi connectivity index (χ2n) is 10.5. The molecule has 36 heavy (non-hydrogen) atoms. The Morgan fingerprint density at radius 1 is 1.17 bits per heavy atom. The Morgan fingerprint density at radius 2 is 1.94 bits per heavy atom. The molecule has 5 rings (SSSR count). The van der Waals surface area contributed by atoms with Crippen molar-refractivity contribution in [3.63, 3.8) is 0 Å². The highest BCUT2D eigenvalue weighted by atomic mass is 19.1. The zero-order valence-electron chi connectivity index (χ0n) is 21.6. The van der Waals surface area contributed by atoms with Crippen LogP contribution in [0.5, 0.6) is 5.75 Å². The van der Waals surface area contributed by atoms with Crippen molar-refractivity contribution in [1.82, 2.24) is 9.97 Å². The molecule has 2 unspecified atom stereocenters. The molecule has 0 spiro atoms. The first kappa shape index (κ1) is 24.3. The highest BCUT2D eigenvalue weighted by molar-refractivity contribution is 6.08. The van der Waals surface area contributed by atoms with Crippen LogP contribution in [-0.4, -0.2) is 28.0 Å². The number of halogens is 1. The van der Waals surface area contributed by atoms with Gasteiger partial charge in [0, 0.05) is 29.0 Å². The van der Waals surface area contributed by atoms with E-state index in [2.05, 4.69) is 4.98 Å². The molecule has 6 heteroatoms. The number of ether oxygens (including phenoxy) is 2. The Labute approximate surface area is 210 Å². The Kier molecular flexibility index (Phi) is 6.03. The van der Waals surface area contributed by atoms with Gasteiger partial charge in [0.2, 0.25) is 0 Å². The van der Waals surface area contributed by atoms with Crippen LogP contribution in [0.15, 0.2) is 42.6 Å². The van der Waals surface area contributed by atoms with E-state index in [4.69, 9.17) is 14.5 Å². The number of carbonyl (C=O) groups excluding carboxylic acids is 1. The summed E-state index contributed by atoms with van der Waals surface area (Å²) in [5.41, 5.74) is 5.83. The number of rotatable bonds is 5. The number of fused-ring (bicyclic) bond motifs is 1. The molecule has 4 aromatic rings. The Hall–Kier alpha value is -3.38. The SMILES string of the molecule is CC(=O)C(OC(C)(C)C)c1c(C)cc2nc(C(C)F)ccc2c1-c1ccc2c3c(ccnc13)CCO2. The van der Waals surface area contributed by atoms with E-state index in [-0.39, 0.29) is 5.78 Å². The average Bonchev–Trinajstić information content (AvgIpc) is 2.81. The number of nitrogens with zero attached hydrogens (tertiary/aromatic N) is 2. The molecule has 0 fully saturated rings. The van der Waals surface area contributed by atoms with E-state index in [0.717, 1.165) is 50.7 Å². The number of alkyl halides is 1. The Morgan fingerprint density at radius 3 is 2.64 bits per heavy atom. The number of Topliss-reactive ketones (excluding diaryl/α,β-unsaturated/α-hetero) is 1. The van der Waals surface area contributed by atoms with E-state index in [1.165, 1.54) is 12.5 Å². The fraction of sp³-hybridized carbons (Fsp3) is 0.367. The highest BCUT2D eigenvalue weighted by Crippen LogP contribution is 2.45. The van der Waals surface area contributed by atoms with Crippen molar-refractivity contribution >= 4 is 27.6 Å². The number of aryl methyl sites for hydroxylation is 1. The van der Waals surface area contributed by atoms with Gasteiger partial charge in [-0.1, -0.05) is 6.07 Å². The quantitative estimate of drug-likeness (QED) is 0.299. The van der Waals surface area contributed by atoms with Gasteiger partial charge in [0.1, 0.15) is 18.0 Å². The molecule has 0 aliphatic carbocycles. The standard InChI is InChI=1S/C30H31FN2O3/c1-16-15-23-20(7-9-22(33-23)17(2)31)27(25(16)29(18(3)34)36-30(4,5)6)21-8-10-24-26-19(12-14-35-24)11-13-32-28(21)26/h7-11,13,15,17,29H,12,14H2,1-6H3. The number of aromatic nitrogens is 2. The number of hydrogen-bond acceptors (Lipinski definition) is 5. The number of ketones is 1. The third-order valence-corrected chi connectivity index (χ3v) is 6.61. The number of hydrogen-bond donors (Lipinski definition) is 0. The lowest BCUT2D eigenvalue weighted by Crippen LogP contribution is -2.27. The van der Waals surface area contributed by atoms with Gasteiger partial charge in [0.15, 0.2) is 5.78 Å². The van der Waals surface area contributed by atoms with Gasteiger partial charge in [-0.3, -0.25) is 9.78 Å². The monoisotopic (exact) mass is 486 g/mol. The molecule has 186 valence electrons. The lowest BCUT2D eigenvalue weighted by Gasteiger charge is -2.30. The van der Waals surface area contributed by atoms with Crippen LogP contribution < -0.4 is 4.74 Å². The average molecular weight is 487 g/mol. The second kappa shape index (κ2) is 8.93. The fourth-order valence-electron chi connectivity index (χ4n) is 5.09. The summed E-state index contributed by atoms with van der Waals surface area (Å²) in [6.07, 6.45) is 0.653. The van der Waals surface area contributed by atoms with E-state index in [1.807, 2.05) is 64.2 Å².